The van der Waals surface area contributed by atoms with Crippen LogP contribution in [0.2, 0.25) is 0 Å². The molecule has 0 fully saturated rings. The van der Waals surface area contributed by atoms with Crippen molar-refractivity contribution in [1.82, 2.24) is 25.3 Å². The zero-order valence-corrected chi connectivity index (χ0v) is 10.6. The minimum absolute atomic E-state index is 0.0183. The van der Waals surface area contributed by atoms with E-state index in [4.69, 9.17) is 5.84 Å². The van der Waals surface area contributed by atoms with Crippen LogP contribution in [0, 0.1) is 0 Å². The first-order valence-corrected chi connectivity index (χ1v) is 5.79. The lowest BCUT2D eigenvalue weighted by molar-refractivity contribution is 0.337. The van der Waals surface area contributed by atoms with Crippen molar-refractivity contribution in [2.24, 2.45) is 5.84 Å². The van der Waals surface area contributed by atoms with Crippen LogP contribution in [0.4, 0.5) is 0 Å². The molecule has 1 aromatic carbocycles. The predicted octanol–water partition coefficient (Wildman–Crippen LogP) is 0.333. The lowest BCUT2D eigenvalue weighted by atomic mass is 10.2. The Morgan fingerprint density at radius 1 is 1.33 bits per heavy atom. The van der Waals surface area contributed by atoms with Crippen LogP contribution in [0.25, 0.3) is 5.69 Å². The molecule has 0 aliphatic rings. The molecule has 6 heteroatoms. The van der Waals surface area contributed by atoms with Crippen molar-refractivity contribution in [3.05, 3.63) is 42.2 Å². The minimum atomic E-state index is -0.0183. The summed E-state index contributed by atoms with van der Waals surface area (Å²) in [4.78, 5) is 2.06. The predicted molar refractivity (Wildman–Crippen MR) is 70.0 cm³/mol. The lowest BCUT2D eigenvalue weighted by Gasteiger charge is -2.20. The SMILES string of the molecule is CN(C)CC(NN)c1cnnn1-c1ccccc1. The highest BCUT2D eigenvalue weighted by Gasteiger charge is 2.17. The van der Waals surface area contributed by atoms with Gasteiger partial charge in [-0.15, -0.1) is 5.10 Å². The Labute approximate surface area is 106 Å². The van der Waals surface area contributed by atoms with Gasteiger partial charge in [-0.2, -0.15) is 0 Å². The van der Waals surface area contributed by atoms with Gasteiger partial charge in [-0.25, -0.2) is 4.68 Å². The summed E-state index contributed by atoms with van der Waals surface area (Å²) in [6.45, 7) is 0.775. The molecule has 3 N–H and O–H groups in total. The molecule has 0 bridgehead atoms. The third-order valence-corrected chi connectivity index (χ3v) is 2.68. The topological polar surface area (TPSA) is 72.0 Å². The van der Waals surface area contributed by atoms with E-state index in [9.17, 15) is 0 Å². The summed E-state index contributed by atoms with van der Waals surface area (Å²) in [6, 6.07) is 9.87. The number of nitrogens with zero attached hydrogens (tertiary/aromatic N) is 4. The Hall–Kier alpha value is -1.76. The Morgan fingerprint density at radius 3 is 2.67 bits per heavy atom. The van der Waals surface area contributed by atoms with Crippen LogP contribution >= 0.6 is 0 Å². The summed E-state index contributed by atoms with van der Waals surface area (Å²) in [5.41, 5.74) is 4.72. The van der Waals surface area contributed by atoms with Gasteiger partial charge in [-0.3, -0.25) is 11.3 Å². The maximum atomic E-state index is 5.61. The van der Waals surface area contributed by atoms with Gasteiger partial charge in [-0.05, 0) is 26.2 Å². The second-order valence-electron chi connectivity index (χ2n) is 4.39. The molecule has 0 saturated heterocycles. The smallest absolute Gasteiger partial charge is 0.0841 e. The molecular formula is C12H18N6. The van der Waals surface area contributed by atoms with Gasteiger partial charge in [0.2, 0.25) is 0 Å². The Morgan fingerprint density at radius 2 is 2.06 bits per heavy atom. The van der Waals surface area contributed by atoms with Crippen LogP contribution in [0.5, 0.6) is 0 Å². The van der Waals surface area contributed by atoms with Crippen molar-refractivity contribution in [1.29, 1.82) is 0 Å². The number of nitrogens with two attached hydrogens (primary N) is 1. The molecule has 0 saturated carbocycles. The highest BCUT2D eigenvalue weighted by atomic mass is 15.4. The van der Waals surface area contributed by atoms with Crippen LogP contribution in [0.1, 0.15) is 11.7 Å². The summed E-state index contributed by atoms with van der Waals surface area (Å²) in [5, 5.41) is 8.09. The van der Waals surface area contributed by atoms with Crippen LogP contribution in [0.15, 0.2) is 36.5 Å². The maximum absolute atomic E-state index is 5.61. The Balaban J connectivity index is 2.32. The molecule has 1 atom stereocenters. The van der Waals surface area contributed by atoms with E-state index in [1.54, 1.807) is 10.9 Å². The number of hydrazine groups is 1. The maximum Gasteiger partial charge on any atom is 0.0841 e. The first-order valence-electron chi connectivity index (χ1n) is 5.79. The monoisotopic (exact) mass is 246 g/mol. The summed E-state index contributed by atoms with van der Waals surface area (Å²) in [6.07, 6.45) is 1.74. The quantitative estimate of drug-likeness (QED) is 0.588. The van der Waals surface area contributed by atoms with Crippen molar-refractivity contribution >= 4 is 0 Å². The average Bonchev–Trinajstić information content (AvgIpc) is 2.86. The molecule has 0 spiro atoms. The normalized spacial score (nSPS) is 12.9. The van der Waals surface area contributed by atoms with Crippen LogP contribution in [-0.4, -0.2) is 40.5 Å². The van der Waals surface area contributed by atoms with E-state index in [-0.39, 0.29) is 6.04 Å². The largest absolute Gasteiger partial charge is 0.307 e. The average molecular weight is 246 g/mol. The molecule has 1 aromatic heterocycles. The second kappa shape index (κ2) is 5.72. The molecule has 0 radical (unpaired) electrons. The summed E-state index contributed by atoms with van der Waals surface area (Å²) >= 11 is 0. The van der Waals surface area contributed by atoms with E-state index in [1.165, 1.54) is 0 Å². The number of nitrogens with one attached hydrogen (secondary N) is 1. The minimum Gasteiger partial charge on any atom is -0.307 e. The molecule has 0 aliphatic heterocycles. The first-order chi connectivity index (χ1) is 8.72. The van der Waals surface area contributed by atoms with Crippen molar-refractivity contribution in [3.63, 3.8) is 0 Å². The van der Waals surface area contributed by atoms with Gasteiger partial charge in [0.1, 0.15) is 0 Å². The van der Waals surface area contributed by atoms with E-state index >= 15 is 0 Å². The third-order valence-electron chi connectivity index (χ3n) is 2.68. The highest BCUT2D eigenvalue weighted by Crippen LogP contribution is 2.15. The molecule has 6 nitrogen and oxygen atoms in total. The highest BCUT2D eigenvalue weighted by molar-refractivity contribution is 5.32. The first kappa shape index (κ1) is 12.7. The summed E-state index contributed by atoms with van der Waals surface area (Å²) in [7, 11) is 4.00. The zero-order chi connectivity index (χ0) is 13.0. The van der Waals surface area contributed by atoms with Crippen molar-refractivity contribution in [2.75, 3.05) is 20.6 Å². The van der Waals surface area contributed by atoms with E-state index in [1.807, 2.05) is 44.4 Å². The van der Waals surface area contributed by atoms with E-state index in [0.29, 0.717) is 0 Å². The molecule has 1 unspecified atom stereocenters. The van der Waals surface area contributed by atoms with E-state index in [2.05, 4.69) is 20.6 Å². The third kappa shape index (κ3) is 2.73. The fourth-order valence-electron chi connectivity index (χ4n) is 1.85. The van der Waals surface area contributed by atoms with Crippen LogP contribution in [-0.2, 0) is 0 Å². The van der Waals surface area contributed by atoms with Gasteiger partial charge in [0, 0.05) is 6.54 Å². The molecule has 0 aliphatic carbocycles. The van der Waals surface area contributed by atoms with Gasteiger partial charge in [-0.1, -0.05) is 23.4 Å². The molecule has 1 heterocycles. The summed E-state index contributed by atoms with van der Waals surface area (Å²) < 4.78 is 1.80. The molecule has 96 valence electrons. The fraction of sp³-hybridized carbons (Fsp3) is 0.333. The molecular weight excluding hydrogens is 228 g/mol. The van der Waals surface area contributed by atoms with Crippen molar-refractivity contribution < 1.29 is 0 Å². The standard InChI is InChI=1S/C12H18N6/c1-17(2)9-11(15-13)12-8-14-16-18(12)10-6-4-3-5-7-10/h3-8,11,15H,9,13H2,1-2H3. The van der Waals surface area contributed by atoms with Crippen LogP contribution in [0.3, 0.4) is 0 Å². The number of para-hydroxylation sites is 1. The van der Waals surface area contributed by atoms with Gasteiger partial charge in [0.15, 0.2) is 0 Å². The molecule has 2 rings (SSSR count). The molecule has 18 heavy (non-hydrogen) atoms. The van der Waals surface area contributed by atoms with Gasteiger partial charge < -0.3 is 4.90 Å². The summed E-state index contributed by atoms with van der Waals surface area (Å²) in [5.74, 6) is 5.61. The number of hydrogen-bond donors (Lipinski definition) is 2. The van der Waals surface area contributed by atoms with Crippen molar-refractivity contribution in [3.8, 4) is 5.69 Å². The lowest BCUT2D eigenvalue weighted by Crippen LogP contribution is -2.36. The molecule has 2 aromatic rings. The van der Waals surface area contributed by atoms with Gasteiger partial charge in [0.05, 0.1) is 23.6 Å². The van der Waals surface area contributed by atoms with E-state index < -0.39 is 0 Å². The van der Waals surface area contributed by atoms with Gasteiger partial charge >= 0.3 is 0 Å². The van der Waals surface area contributed by atoms with Gasteiger partial charge in [0.25, 0.3) is 0 Å². The number of rotatable bonds is 5. The fourth-order valence-corrected chi connectivity index (χ4v) is 1.85. The number of benzene rings is 1. The van der Waals surface area contributed by atoms with Crippen LogP contribution < -0.4 is 11.3 Å². The second-order valence-corrected chi connectivity index (χ2v) is 4.39. The Kier molecular flexibility index (Phi) is 4.03. The number of aromatic nitrogens is 3. The molecule has 0 amide bonds. The number of hydrogen-bond acceptors (Lipinski definition) is 5. The number of likely N-dealkylation sites (N-methyl/N-ethyl adjacent to an activating group) is 1. The Bertz CT molecular complexity index is 478. The zero-order valence-electron chi connectivity index (χ0n) is 10.6. The van der Waals surface area contributed by atoms with Crippen molar-refractivity contribution in [2.45, 2.75) is 6.04 Å². The van der Waals surface area contributed by atoms with E-state index in [0.717, 1.165) is 17.9 Å².